The molecule has 1 aliphatic rings. The number of methoxy groups -OCH3 is 1. The number of rotatable bonds is 5. The van der Waals surface area contributed by atoms with Gasteiger partial charge in [0.1, 0.15) is 11.4 Å². The van der Waals surface area contributed by atoms with Gasteiger partial charge in [0.05, 0.1) is 13.7 Å². The molecule has 1 fully saturated rings. The number of carbonyl (C=O) groups excluding carboxylic acids is 1. The van der Waals surface area contributed by atoms with Crippen molar-refractivity contribution < 1.29 is 14.3 Å². The van der Waals surface area contributed by atoms with Crippen molar-refractivity contribution in [3.05, 3.63) is 23.9 Å². The Kier molecular flexibility index (Phi) is 4.98. The minimum Gasteiger partial charge on any atom is -0.497 e. The monoisotopic (exact) mass is 330 g/mol. The Balaban J connectivity index is 2.01. The molecule has 1 N–H and O–H groups in total. The van der Waals surface area contributed by atoms with E-state index in [4.69, 9.17) is 9.47 Å². The number of H-pyrrole nitrogens is 1. The van der Waals surface area contributed by atoms with Crippen molar-refractivity contribution in [2.45, 2.75) is 26.2 Å². The van der Waals surface area contributed by atoms with Crippen LogP contribution in [0.2, 0.25) is 0 Å². The van der Waals surface area contributed by atoms with Gasteiger partial charge in [-0.1, -0.05) is 5.22 Å². The summed E-state index contributed by atoms with van der Waals surface area (Å²) in [5.41, 5.74) is 1.61. The fourth-order valence-corrected chi connectivity index (χ4v) is 2.81. The molecule has 1 saturated heterocycles. The van der Waals surface area contributed by atoms with Gasteiger partial charge in [0.15, 0.2) is 5.69 Å². The maximum Gasteiger partial charge on any atom is 0.357 e. The summed E-state index contributed by atoms with van der Waals surface area (Å²) < 4.78 is 10.4. The molecule has 2 aromatic rings. The molecule has 1 aromatic heterocycles. The van der Waals surface area contributed by atoms with E-state index in [0.29, 0.717) is 23.7 Å². The van der Waals surface area contributed by atoms with Crippen LogP contribution in [0.3, 0.4) is 0 Å². The van der Waals surface area contributed by atoms with Crippen LogP contribution in [-0.4, -0.2) is 42.8 Å². The van der Waals surface area contributed by atoms with Gasteiger partial charge in [-0.15, -0.1) is 5.11 Å². The Labute approximate surface area is 140 Å². The summed E-state index contributed by atoms with van der Waals surface area (Å²) in [5.74, 6) is 0.270. The normalized spacial score (nSPS) is 15.2. The second-order valence-electron chi connectivity index (χ2n) is 5.68. The number of esters is 1. The predicted molar refractivity (Wildman–Crippen MR) is 90.7 cm³/mol. The number of aromatic amines is 1. The first-order valence-corrected chi connectivity index (χ1v) is 8.26. The number of hydrogen-bond acceptors (Lipinski definition) is 5. The van der Waals surface area contributed by atoms with E-state index in [9.17, 15) is 4.79 Å². The van der Waals surface area contributed by atoms with Crippen LogP contribution in [0.1, 0.15) is 36.7 Å². The molecule has 2 heterocycles. The first-order chi connectivity index (χ1) is 11.7. The first-order valence-electron chi connectivity index (χ1n) is 8.26. The first kappa shape index (κ1) is 16.3. The van der Waals surface area contributed by atoms with Gasteiger partial charge in [-0.25, -0.2) is 4.79 Å². The van der Waals surface area contributed by atoms with Crippen molar-refractivity contribution in [3.8, 4) is 5.75 Å². The Morgan fingerprint density at radius 2 is 2.08 bits per heavy atom. The molecule has 0 saturated carbocycles. The highest BCUT2D eigenvalue weighted by Crippen LogP contribution is 2.34. The molecule has 0 aliphatic carbocycles. The molecule has 24 heavy (non-hydrogen) atoms. The molecule has 128 valence electrons. The fourth-order valence-electron chi connectivity index (χ4n) is 2.81. The number of carbonyl (C=O) groups is 1. The molecule has 0 unspecified atom stereocenters. The summed E-state index contributed by atoms with van der Waals surface area (Å²) in [7, 11) is 1.61. The fraction of sp³-hybridized carbons (Fsp3) is 0.471. The van der Waals surface area contributed by atoms with Gasteiger partial charge in [-0.05, 0) is 44.4 Å². The van der Waals surface area contributed by atoms with Gasteiger partial charge in [0, 0.05) is 24.0 Å². The lowest BCUT2D eigenvalue weighted by atomic mass is 10.2. The van der Waals surface area contributed by atoms with E-state index in [-0.39, 0.29) is 0 Å². The lowest BCUT2D eigenvalue weighted by Gasteiger charge is -2.21. The number of ether oxygens (including phenoxy) is 2. The number of aromatic nitrogens is 1. The number of piperidine rings is 1. The maximum absolute atomic E-state index is 12.2. The molecule has 7 nitrogen and oxygen atoms in total. The van der Waals surface area contributed by atoms with Crippen LogP contribution in [0, 0.1) is 0 Å². The van der Waals surface area contributed by atoms with Crippen LogP contribution in [0.15, 0.2) is 28.5 Å². The molecule has 0 radical (unpaired) electrons. The standard InChI is InChI=1S/C17H22N4O3/c1-3-24-17(22)16-15(19-20-21-9-5-4-6-10-21)13-11-12(23-2)7-8-14(13)18-16/h7-8,11,18H,3-6,9-10H2,1-2H3. The second kappa shape index (κ2) is 7.33. The number of hydrogen-bond donors (Lipinski definition) is 1. The van der Waals surface area contributed by atoms with Crippen molar-refractivity contribution >= 4 is 22.6 Å². The average Bonchev–Trinajstić information content (AvgIpc) is 2.98. The molecule has 7 heteroatoms. The molecule has 0 spiro atoms. The van der Waals surface area contributed by atoms with E-state index >= 15 is 0 Å². The number of nitrogens with zero attached hydrogens (tertiary/aromatic N) is 3. The lowest BCUT2D eigenvalue weighted by molar-refractivity contribution is 0.0521. The molecule has 3 rings (SSSR count). The lowest BCUT2D eigenvalue weighted by Crippen LogP contribution is -2.23. The van der Waals surface area contributed by atoms with E-state index in [0.717, 1.165) is 36.8 Å². The number of benzene rings is 1. The van der Waals surface area contributed by atoms with E-state index in [1.807, 2.05) is 23.2 Å². The van der Waals surface area contributed by atoms with Crippen LogP contribution < -0.4 is 4.74 Å². The average molecular weight is 330 g/mol. The zero-order valence-electron chi connectivity index (χ0n) is 14.0. The molecule has 0 atom stereocenters. The summed E-state index contributed by atoms with van der Waals surface area (Å²) in [6.45, 7) is 3.87. The quantitative estimate of drug-likeness (QED) is 0.667. The third kappa shape index (κ3) is 3.34. The summed E-state index contributed by atoms with van der Waals surface area (Å²) in [5, 5.41) is 11.4. The van der Waals surface area contributed by atoms with Gasteiger partial charge < -0.3 is 14.5 Å². The van der Waals surface area contributed by atoms with Crippen LogP contribution in [0.4, 0.5) is 5.69 Å². The zero-order chi connectivity index (χ0) is 16.9. The van der Waals surface area contributed by atoms with Crippen LogP contribution >= 0.6 is 0 Å². The van der Waals surface area contributed by atoms with Gasteiger partial charge in [0.25, 0.3) is 0 Å². The van der Waals surface area contributed by atoms with Crippen LogP contribution in [0.25, 0.3) is 10.9 Å². The van der Waals surface area contributed by atoms with E-state index in [1.165, 1.54) is 6.42 Å². The summed E-state index contributed by atoms with van der Waals surface area (Å²) in [4.78, 5) is 15.3. The summed E-state index contributed by atoms with van der Waals surface area (Å²) in [6.07, 6.45) is 3.46. The van der Waals surface area contributed by atoms with Crippen LogP contribution in [-0.2, 0) is 4.74 Å². The van der Waals surface area contributed by atoms with Gasteiger partial charge in [-0.2, -0.15) is 0 Å². The van der Waals surface area contributed by atoms with Crippen LogP contribution in [0.5, 0.6) is 5.75 Å². The van der Waals surface area contributed by atoms with Gasteiger partial charge in [-0.3, -0.25) is 5.01 Å². The summed E-state index contributed by atoms with van der Waals surface area (Å²) in [6, 6.07) is 5.54. The third-order valence-corrected chi connectivity index (χ3v) is 4.06. The largest absolute Gasteiger partial charge is 0.497 e. The maximum atomic E-state index is 12.2. The highest BCUT2D eigenvalue weighted by molar-refractivity contribution is 6.05. The van der Waals surface area contributed by atoms with Gasteiger partial charge in [0.2, 0.25) is 0 Å². The van der Waals surface area contributed by atoms with E-state index < -0.39 is 5.97 Å². The van der Waals surface area contributed by atoms with Crippen molar-refractivity contribution in [3.63, 3.8) is 0 Å². The molecule has 0 bridgehead atoms. The highest BCUT2D eigenvalue weighted by atomic mass is 16.5. The molecular weight excluding hydrogens is 308 g/mol. The van der Waals surface area contributed by atoms with Crippen molar-refractivity contribution in [1.82, 2.24) is 9.99 Å². The number of nitrogens with one attached hydrogen (secondary N) is 1. The van der Waals surface area contributed by atoms with Crippen molar-refractivity contribution in [1.29, 1.82) is 0 Å². The Morgan fingerprint density at radius 1 is 1.29 bits per heavy atom. The molecule has 1 aromatic carbocycles. The highest BCUT2D eigenvalue weighted by Gasteiger charge is 2.20. The smallest absolute Gasteiger partial charge is 0.357 e. The summed E-state index contributed by atoms with van der Waals surface area (Å²) >= 11 is 0. The van der Waals surface area contributed by atoms with E-state index in [1.54, 1.807) is 14.0 Å². The molecule has 1 aliphatic heterocycles. The predicted octanol–water partition coefficient (Wildman–Crippen LogP) is 3.84. The third-order valence-electron chi connectivity index (χ3n) is 4.06. The SMILES string of the molecule is CCOC(=O)c1[nH]c2ccc(OC)cc2c1N=NN1CCCCC1. The second-order valence-corrected chi connectivity index (χ2v) is 5.68. The zero-order valence-corrected chi connectivity index (χ0v) is 14.0. The topological polar surface area (TPSA) is 79.3 Å². The van der Waals surface area contributed by atoms with Gasteiger partial charge >= 0.3 is 5.97 Å². The minimum absolute atomic E-state index is 0.306. The Morgan fingerprint density at radius 3 is 2.79 bits per heavy atom. The molecular formula is C17H22N4O3. The number of fused-ring (bicyclic) bond motifs is 1. The van der Waals surface area contributed by atoms with E-state index in [2.05, 4.69) is 15.3 Å². The van der Waals surface area contributed by atoms with Crippen molar-refractivity contribution in [2.24, 2.45) is 10.3 Å². The minimum atomic E-state index is -0.430. The Hall–Kier alpha value is -2.57. The molecule has 0 amide bonds. The van der Waals surface area contributed by atoms with Crippen molar-refractivity contribution in [2.75, 3.05) is 26.8 Å². The Bertz CT molecular complexity index is 748.